The fraction of sp³-hybridized carbons (Fsp3) is 0.429. The second-order valence-electron chi connectivity index (χ2n) is 2.35. The predicted octanol–water partition coefficient (Wildman–Crippen LogP) is 1.59. The molecule has 0 bridgehead atoms. The molecular formula is C7H9ClN2OS. The van der Waals surface area contributed by atoms with Crippen molar-refractivity contribution in [1.29, 1.82) is 0 Å². The minimum atomic E-state index is -0.256. The number of hydrogen-bond donors (Lipinski definition) is 1. The molecule has 0 aliphatic rings. The zero-order valence-corrected chi connectivity index (χ0v) is 8.42. The van der Waals surface area contributed by atoms with Crippen molar-refractivity contribution >= 4 is 23.4 Å². The summed E-state index contributed by atoms with van der Waals surface area (Å²) in [5, 5.41) is 0.180. The van der Waals surface area contributed by atoms with Gasteiger partial charge in [0.05, 0.1) is 11.4 Å². The number of hydrogen-bond acceptors (Lipinski definition) is 3. The topological polar surface area (TPSA) is 45.8 Å². The van der Waals surface area contributed by atoms with Crippen molar-refractivity contribution in [3.63, 3.8) is 0 Å². The second kappa shape index (κ2) is 3.96. The van der Waals surface area contributed by atoms with Crippen LogP contribution in [0.25, 0.3) is 0 Å². The molecule has 0 aliphatic carbocycles. The summed E-state index contributed by atoms with van der Waals surface area (Å²) in [4.78, 5) is 17.8. The number of rotatable bonds is 2. The molecule has 0 saturated carbocycles. The van der Waals surface area contributed by atoms with Crippen LogP contribution in [0.1, 0.15) is 11.5 Å². The fourth-order valence-electron chi connectivity index (χ4n) is 0.835. The quantitative estimate of drug-likeness (QED) is 0.796. The SMILES string of the molecule is CSCc1nc(C)c(Cl)c(=O)[nH]1. The Morgan fingerprint density at radius 3 is 2.83 bits per heavy atom. The van der Waals surface area contributed by atoms with Crippen LogP contribution in [0.15, 0.2) is 4.79 Å². The number of thioether (sulfide) groups is 1. The van der Waals surface area contributed by atoms with Crippen LogP contribution >= 0.6 is 23.4 Å². The molecule has 1 aromatic rings. The van der Waals surface area contributed by atoms with Crippen LogP contribution in [-0.4, -0.2) is 16.2 Å². The average molecular weight is 205 g/mol. The first-order valence-electron chi connectivity index (χ1n) is 3.39. The van der Waals surface area contributed by atoms with E-state index in [4.69, 9.17) is 11.6 Å². The van der Waals surface area contributed by atoms with E-state index in [1.165, 1.54) is 0 Å². The number of nitrogens with one attached hydrogen (secondary N) is 1. The monoisotopic (exact) mass is 204 g/mol. The largest absolute Gasteiger partial charge is 0.309 e. The maximum absolute atomic E-state index is 11.1. The van der Waals surface area contributed by atoms with Crippen LogP contribution in [0.3, 0.4) is 0 Å². The summed E-state index contributed by atoms with van der Waals surface area (Å²) < 4.78 is 0. The van der Waals surface area contributed by atoms with Crippen molar-refractivity contribution < 1.29 is 0 Å². The molecule has 0 aliphatic heterocycles. The summed E-state index contributed by atoms with van der Waals surface area (Å²) in [7, 11) is 0. The highest BCUT2D eigenvalue weighted by molar-refractivity contribution is 7.97. The van der Waals surface area contributed by atoms with Gasteiger partial charge in [0.1, 0.15) is 10.8 Å². The van der Waals surface area contributed by atoms with Gasteiger partial charge in [-0.2, -0.15) is 11.8 Å². The highest BCUT2D eigenvalue weighted by Crippen LogP contribution is 2.08. The Kier molecular flexibility index (Phi) is 3.17. The Hall–Kier alpha value is -0.480. The van der Waals surface area contributed by atoms with Gasteiger partial charge < -0.3 is 4.98 Å². The summed E-state index contributed by atoms with van der Waals surface area (Å²) in [6.07, 6.45) is 1.95. The Morgan fingerprint density at radius 2 is 2.33 bits per heavy atom. The lowest BCUT2D eigenvalue weighted by Crippen LogP contribution is -2.13. The van der Waals surface area contributed by atoms with Crippen molar-refractivity contribution in [2.45, 2.75) is 12.7 Å². The Morgan fingerprint density at radius 1 is 1.67 bits per heavy atom. The Balaban J connectivity index is 3.13. The van der Waals surface area contributed by atoms with Crippen LogP contribution < -0.4 is 5.56 Å². The van der Waals surface area contributed by atoms with Crippen LogP contribution in [0.4, 0.5) is 0 Å². The average Bonchev–Trinajstić information content (AvgIpc) is 2.01. The van der Waals surface area contributed by atoms with Gasteiger partial charge in [-0.3, -0.25) is 4.79 Å². The van der Waals surface area contributed by atoms with Gasteiger partial charge in [0.2, 0.25) is 0 Å². The molecule has 0 spiro atoms. The predicted molar refractivity (Wildman–Crippen MR) is 51.8 cm³/mol. The lowest BCUT2D eigenvalue weighted by atomic mass is 10.4. The standard InChI is InChI=1S/C7H9ClN2OS/c1-4-6(8)7(11)10-5(9-4)3-12-2/h3H2,1-2H3,(H,9,10,11). The molecule has 1 aromatic heterocycles. The minimum Gasteiger partial charge on any atom is -0.309 e. The molecule has 0 fully saturated rings. The number of aromatic nitrogens is 2. The van der Waals surface area contributed by atoms with Crippen molar-refractivity contribution in [1.82, 2.24) is 9.97 Å². The van der Waals surface area contributed by atoms with E-state index in [-0.39, 0.29) is 10.6 Å². The number of aromatic amines is 1. The highest BCUT2D eigenvalue weighted by Gasteiger charge is 2.03. The Bertz CT molecular complexity index is 337. The third kappa shape index (κ3) is 2.01. The summed E-state index contributed by atoms with van der Waals surface area (Å²) in [5.74, 6) is 1.38. The summed E-state index contributed by atoms with van der Waals surface area (Å²) >= 11 is 7.24. The van der Waals surface area contributed by atoms with Crippen molar-refractivity contribution in [3.05, 3.63) is 26.9 Å². The maximum Gasteiger partial charge on any atom is 0.269 e. The molecule has 5 heteroatoms. The summed E-state index contributed by atoms with van der Waals surface area (Å²) in [6, 6.07) is 0. The zero-order chi connectivity index (χ0) is 9.14. The van der Waals surface area contributed by atoms with E-state index in [9.17, 15) is 4.79 Å². The number of H-pyrrole nitrogens is 1. The molecule has 0 unspecified atom stereocenters. The normalized spacial score (nSPS) is 10.2. The molecule has 0 radical (unpaired) electrons. The molecule has 1 heterocycles. The van der Waals surface area contributed by atoms with E-state index < -0.39 is 0 Å². The van der Waals surface area contributed by atoms with Gasteiger partial charge in [-0.15, -0.1) is 0 Å². The lowest BCUT2D eigenvalue weighted by molar-refractivity contribution is 0.969. The van der Waals surface area contributed by atoms with Gasteiger partial charge >= 0.3 is 0 Å². The van der Waals surface area contributed by atoms with Crippen molar-refractivity contribution in [2.24, 2.45) is 0 Å². The van der Waals surface area contributed by atoms with E-state index in [1.807, 2.05) is 6.26 Å². The first-order valence-corrected chi connectivity index (χ1v) is 5.16. The first-order chi connectivity index (χ1) is 5.65. The number of halogens is 1. The molecule has 66 valence electrons. The molecule has 1 rings (SSSR count). The minimum absolute atomic E-state index is 0.180. The maximum atomic E-state index is 11.1. The zero-order valence-electron chi connectivity index (χ0n) is 6.85. The third-order valence-electron chi connectivity index (χ3n) is 1.36. The summed E-state index contributed by atoms with van der Waals surface area (Å²) in [6.45, 7) is 1.72. The van der Waals surface area contributed by atoms with Gasteiger partial charge in [-0.25, -0.2) is 4.98 Å². The number of nitrogens with zero attached hydrogens (tertiary/aromatic N) is 1. The van der Waals surface area contributed by atoms with E-state index in [2.05, 4.69) is 9.97 Å². The van der Waals surface area contributed by atoms with Crippen LogP contribution in [0.2, 0.25) is 5.02 Å². The van der Waals surface area contributed by atoms with Crippen LogP contribution in [-0.2, 0) is 5.75 Å². The molecule has 3 nitrogen and oxygen atoms in total. The van der Waals surface area contributed by atoms with Crippen molar-refractivity contribution in [2.75, 3.05) is 6.26 Å². The van der Waals surface area contributed by atoms with Crippen molar-refractivity contribution in [3.8, 4) is 0 Å². The van der Waals surface area contributed by atoms with Gasteiger partial charge in [-0.1, -0.05) is 11.6 Å². The molecule has 1 N–H and O–H groups in total. The molecule has 0 amide bonds. The van der Waals surface area contributed by atoms with Gasteiger partial charge in [0.25, 0.3) is 5.56 Å². The number of aryl methyl sites for hydroxylation is 1. The molecule has 0 saturated heterocycles. The second-order valence-corrected chi connectivity index (χ2v) is 3.59. The smallest absolute Gasteiger partial charge is 0.269 e. The van der Waals surface area contributed by atoms with E-state index in [0.29, 0.717) is 17.3 Å². The van der Waals surface area contributed by atoms with Crippen LogP contribution in [0.5, 0.6) is 0 Å². The van der Waals surface area contributed by atoms with Gasteiger partial charge in [0, 0.05) is 0 Å². The molecular weight excluding hydrogens is 196 g/mol. The highest BCUT2D eigenvalue weighted by atomic mass is 35.5. The van der Waals surface area contributed by atoms with Gasteiger partial charge in [0.15, 0.2) is 0 Å². The van der Waals surface area contributed by atoms with Gasteiger partial charge in [-0.05, 0) is 13.2 Å². The van der Waals surface area contributed by atoms with E-state index >= 15 is 0 Å². The third-order valence-corrected chi connectivity index (χ3v) is 2.37. The fourth-order valence-corrected chi connectivity index (χ4v) is 1.33. The molecule has 0 aromatic carbocycles. The first kappa shape index (κ1) is 9.61. The summed E-state index contributed by atoms with van der Waals surface area (Å²) in [5.41, 5.74) is 0.331. The lowest BCUT2D eigenvalue weighted by Gasteiger charge is -2.00. The van der Waals surface area contributed by atoms with E-state index in [0.717, 1.165) is 0 Å². The Labute approximate surface area is 79.6 Å². The van der Waals surface area contributed by atoms with E-state index in [1.54, 1.807) is 18.7 Å². The molecule has 0 atom stereocenters. The molecule has 12 heavy (non-hydrogen) atoms. The van der Waals surface area contributed by atoms with Crippen LogP contribution in [0, 0.1) is 6.92 Å².